The molecule has 1 saturated heterocycles. The summed E-state index contributed by atoms with van der Waals surface area (Å²) in [6, 6.07) is 5.45. The molecule has 7 heteroatoms. The molecule has 0 saturated carbocycles. The lowest BCUT2D eigenvalue weighted by atomic mass is 9.95. The first kappa shape index (κ1) is 17.7. The van der Waals surface area contributed by atoms with Gasteiger partial charge in [-0.3, -0.25) is 15.0 Å². The highest BCUT2D eigenvalue weighted by molar-refractivity contribution is 9.10. The van der Waals surface area contributed by atoms with Crippen LogP contribution in [0.15, 0.2) is 22.7 Å². The number of amides is 2. The molecule has 1 fully saturated rings. The van der Waals surface area contributed by atoms with Crippen LogP contribution in [0.3, 0.4) is 0 Å². The Morgan fingerprint density at radius 3 is 2.70 bits per heavy atom. The SMILES string of the molecule is CCCOc1ccc(Br)cc1C(=O)N1CCC(C(=O)NN)CC1. The largest absolute Gasteiger partial charge is 0.493 e. The molecular formula is C16H22BrN3O3. The number of ether oxygens (including phenoxy) is 1. The topological polar surface area (TPSA) is 84.7 Å². The number of rotatable bonds is 5. The van der Waals surface area contributed by atoms with E-state index in [0.29, 0.717) is 43.9 Å². The molecule has 126 valence electrons. The van der Waals surface area contributed by atoms with Gasteiger partial charge >= 0.3 is 0 Å². The van der Waals surface area contributed by atoms with Gasteiger partial charge in [-0.1, -0.05) is 22.9 Å². The van der Waals surface area contributed by atoms with E-state index in [-0.39, 0.29) is 17.7 Å². The Bertz CT molecular complexity index is 572. The minimum absolute atomic E-state index is 0.0657. The second-order valence-electron chi connectivity index (χ2n) is 5.56. The highest BCUT2D eigenvalue weighted by Gasteiger charge is 2.28. The van der Waals surface area contributed by atoms with Gasteiger partial charge in [-0.15, -0.1) is 0 Å². The Hall–Kier alpha value is -1.60. The van der Waals surface area contributed by atoms with Crippen LogP contribution < -0.4 is 16.0 Å². The fourth-order valence-electron chi connectivity index (χ4n) is 2.64. The van der Waals surface area contributed by atoms with Gasteiger partial charge in [0.15, 0.2) is 0 Å². The Morgan fingerprint density at radius 2 is 2.09 bits per heavy atom. The molecule has 0 aliphatic carbocycles. The lowest BCUT2D eigenvalue weighted by Crippen LogP contribution is -2.44. The van der Waals surface area contributed by atoms with Gasteiger partial charge in [-0.25, -0.2) is 5.84 Å². The molecule has 0 bridgehead atoms. The number of halogens is 1. The van der Waals surface area contributed by atoms with E-state index in [9.17, 15) is 9.59 Å². The van der Waals surface area contributed by atoms with Crippen LogP contribution in [0.25, 0.3) is 0 Å². The maximum atomic E-state index is 12.8. The third-order valence-corrected chi connectivity index (χ3v) is 4.42. The van der Waals surface area contributed by atoms with Crippen LogP contribution >= 0.6 is 15.9 Å². The summed E-state index contributed by atoms with van der Waals surface area (Å²) in [5.74, 6) is 5.42. The lowest BCUT2D eigenvalue weighted by Gasteiger charge is -2.31. The monoisotopic (exact) mass is 383 g/mol. The highest BCUT2D eigenvalue weighted by Crippen LogP contribution is 2.27. The third kappa shape index (κ3) is 4.45. The zero-order chi connectivity index (χ0) is 16.8. The molecule has 2 rings (SSSR count). The van der Waals surface area contributed by atoms with E-state index in [4.69, 9.17) is 10.6 Å². The van der Waals surface area contributed by atoms with E-state index in [1.165, 1.54) is 0 Å². The molecule has 2 amide bonds. The van der Waals surface area contributed by atoms with E-state index in [2.05, 4.69) is 21.4 Å². The summed E-state index contributed by atoms with van der Waals surface area (Å²) in [7, 11) is 0. The number of hydrogen-bond acceptors (Lipinski definition) is 4. The van der Waals surface area contributed by atoms with Crippen molar-refractivity contribution in [1.29, 1.82) is 0 Å². The molecular weight excluding hydrogens is 362 g/mol. The summed E-state index contributed by atoms with van der Waals surface area (Å²) in [5, 5.41) is 0. The molecule has 1 aliphatic heterocycles. The molecule has 1 aromatic carbocycles. The van der Waals surface area contributed by atoms with Crippen molar-refractivity contribution in [1.82, 2.24) is 10.3 Å². The average Bonchev–Trinajstić information content (AvgIpc) is 2.59. The molecule has 6 nitrogen and oxygen atoms in total. The van der Waals surface area contributed by atoms with Gasteiger partial charge in [-0.2, -0.15) is 0 Å². The summed E-state index contributed by atoms with van der Waals surface area (Å²) in [6.07, 6.45) is 2.12. The van der Waals surface area contributed by atoms with E-state index < -0.39 is 0 Å². The lowest BCUT2D eigenvalue weighted by molar-refractivity contribution is -0.126. The molecule has 1 aromatic rings. The number of hydrogen-bond donors (Lipinski definition) is 2. The quantitative estimate of drug-likeness (QED) is 0.463. The molecule has 1 aliphatic rings. The van der Waals surface area contributed by atoms with E-state index in [1.54, 1.807) is 11.0 Å². The summed E-state index contributed by atoms with van der Waals surface area (Å²) in [6.45, 7) is 3.67. The van der Waals surface area contributed by atoms with Crippen molar-refractivity contribution in [2.45, 2.75) is 26.2 Å². The van der Waals surface area contributed by atoms with Crippen molar-refractivity contribution in [3.05, 3.63) is 28.2 Å². The number of nitrogens with two attached hydrogens (primary N) is 1. The van der Waals surface area contributed by atoms with Gasteiger partial charge in [-0.05, 0) is 37.5 Å². The maximum Gasteiger partial charge on any atom is 0.257 e. The third-order valence-electron chi connectivity index (χ3n) is 3.93. The van der Waals surface area contributed by atoms with Crippen molar-refractivity contribution in [3.8, 4) is 5.75 Å². The molecule has 0 radical (unpaired) electrons. The molecule has 3 N–H and O–H groups in total. The average molecular weight is 384 g/mol. The summed E-state index contributed by atoms with van der Waals surface area (Å²) in [4.78, 5) is 26.1. The normalized spacial score (nSPS) is 15.3. The molecule has 0 spiro atoms. The first-order valence-electron chi connectivity index (χ1n) is 7.79. The molecule has 0 atom stereocenters. The standard InChI is InChI=1S/C16H22BrN3O3/c1-2-9-23-14-4-3-12(17)10-13(14)16(22)20-7-5-11(6-8-20)15(21)19-18/h3-4,10-11H,2,5-9,18H2,1H3,(H,19,21). The van der Waals surface area contributed by atoms with Gasteiger partial charge in [0.1, 0.15) is 5.75 Å². The number of carbonyl (C=O) groups excluding carboxylic acids is 2. The minimum Gasteiger partial charge on any atom is -0.493 e. The van der Waals surface area contributed by atoms with Crippen molar-refractivity contribution < 1.29 is 14.3 Å². The Morgan fingerprint density at radius 1 is 1.39 bits per heavy atom. The Labute approximate surface area is 144 Å². The Balaban J connectivity index is 2.09. The number of carbonyl (C=O) groups is 2. The smallest absolute Gasteiger partial charge is 0.257 e. The fraction of sp³-hybridized carbons (Fsp3) is 0.500. The fourth-order valence-corrected chi connectivity index (χ4v) is 3.00. The number of benzene rings is 1. The van der Waals surface area contributed by atoms with Gasteiger partial charge in [0.05, 0.1) is 12.2 Å². The maximum absolute atomic E-state index is 12.8. The van der Waals surface area contributed by atoms with Gasteiger partial charge < -0.3 is 9.64 Å². The van der Waals surface area contributed by atoms with Crippen LogP contribution in [-0.2, 0) is 4.79 Å². The first-order valence-corrected chi connectivity index (χ1v) is 8.58. The van der Waals surface area contributed by atoms with Gasteiger partial charge in [0, 0.05) is 23.5 Å². The predicted molar refractivity (Wildman–Crippen MR) is 90.9 cm³/mol. The number of hydrazine groups is 1. The molecule has 0 aromatic heterocycles. The molecule has 0 unspecified atom stereocenters. The van der Waals surface area contributed by atoms with Crippen molar-refractivity contribution in [2.24, 2.45) is 11.8 Å². The van der Waals surface area contributed by atoms with Crippen LogP contribution in [0.2, 0.25) is 0 Å². The zero-order valence-electron chi connectivity index (χ0n) is 13.2. The zero-order valence-corrected chi connectivity index (χ0v) is 14.8. The van der Waals surface area contributed by atoms with E-state index >= 15 is 0 Å². The first-order chi connectivity index (χ1) is 11.1. The van der Waals surface area contributed by atoms with Crippen LogP contribution in [0.5, 0.6) is 5.75 Å². The van der Waals surface area contributed by atoms with Crippen molar-refractivity contribution in [2.75, 3.05) is 19.7 Å². The predicted octanol–water partition coefficient (Wildman–Crippen LogP) is 2.08. The van der Waals surface area contributed by atoms with Crippen LogP contribution in [0.4, 0.5) is 0 Å². The van der Waals surface area contributed by atoms with Gasteiger partial charge in [0.25, 0.3) is 5.91 Å². The van der Waals surface area contributed by atoms with Crippen molar-refractivity contribution >= 4 is 27.7 Å². The summed E-state index contributed by atoms with van der Waals surface area (Å²) in [5.41, 5.74) is 2.73. The minimum atomic E-state index is -0.161. The highest BCUT2D eigenvalue weighted by atomic mass is 79.9. The van der Waals surface area contributed by atoms with Crippen LogP contribution in [-0.4, -0.2) is 36.4 Å². The number of likely N-dealkylation sites (tertiary alicyclic amines) is 1. The van der Waals surface area contributed by atoms with Gasteiger partial charge in [0.2, 0.25) is 5.91 Å². The molecule has 23 heavy (non-hydrogen) atoms. The number of piperidine rings is 1. The second-order valence-corrected chi connectivity index (χ2v) is 6.48. The summed E-state index contributed by atoms with van der Waals surface area (Å²) >= 11 is 3.40. The number of nitrogens with one attached hydrogen (secondary N) is 1. The van der Waals surface area contributed by atoms with Crippen LogP contribution in [0.1, 0.15) is 36.5 Å². The summed E-state index contributed by atoms with van der Waals surface area (Å²) < 4.78 is 6.52. The number of nitrogens with zero attached hydrogens (tertiary/aromatic N) is 1. The van der Waals surface area contributed by atoms with Crippen LogP contribution in [0, 0.1) is 5.92 Å². The van der Waals surface area contributed by atoms with Crippen molar-refractivity contribution in [3.63, 3.8) is 0 Å². The van der Waals surface area contributed by atoms with E-state index in [0.717, 1.165) is 10.9 Å². The van der Waals surface area contributed by atoms with E-state index in [1.807, 2.05) is 19.1 Å². The molecule has 1 heterocycles. The Kier molecular flexibility index (Phi) is 6.41. The second kappa shape index (κ2) is 8.31.